The van der Waals surface area contributed by atoms with Gasteiger partial charge in [0.15, 0.2) is 5.92 Å². The van der Waals surface area contributed by atoms with Gasteiger partial charge in [0.05, 0.1) is 31.4 Å². The zero-order chi connectivity index (χ0) is 17.2. The number of benzene rings is 1. The summed E-state index contributed by atoms with van der Waals surface area (Å²) in [5.41, 5.74) is -0.331. The number of rotatable bonds is 3. The molecule has 0 saturated carbocycles. The van der Waals surface area contributed by atoms with Gasteiger partial charge < -0.3 is 14.6 Å². The van der Waals surface area contributed by atoms with Crippen LogP contribution >= 0.6 is 0 Å². The number of aliphatic hydroxyl groups is 1. The molecule has 23 heavy (non-hydrogen) atoms. The average molecular weight is 318 g/mol. The van der Waals surface area contributed by atoms with Gasteiger partial charge in [-0.2, -0.15) is 5.26 Å². The normalized spacial score (nSPS) is 23.6. The highest BCUT2D eigenvalue weighted by Crippen LogP contribution is 2.51. The summed E-state index contributed by atoms with van der Waals surface area (Å²) in [4.78, 5) is 25.3. The van der Waals surface area contributed by atoms with Crippen molar-refractivity contribution >= 4 is 17.7 Å². The fourth-order valence-electron chi connectivity index (χ4n) is 3.25. The smallest absolute Gasteiger partial charge is 0.416 e. The Balaban J connectivity index is 2.71. The summed E-state index contributed by atoms with van der Waals surface area (Å²) in [5, 5.41) is 20.3. The molecule has 0 aromatic heterocycles. The molecule has 1 aliphatic heterocycles. The zero-order valence-electron chi connectivity index (χ0n) is 13.1. The Hall–Kier alpha value is -2.59. The van der Waals surface area contributed by atoms with Crippen molar-refractivity contribution in [1.82, 2.24) is 0 Å². The van der Waals surface area contributed by atoms with E-state index in [1.807, 2.05) is 6.07 Å². The van der Waals surface area contributed by atoms with Gasteiger partial charge in [-0.15, -0.1) is 0 Å². The van der Waals surface area contributed by atoms with Crippen molar-refractivity contribution in [3.8, 4) is 6.07 Å². The fourth-order valence-corrected chi connectivity index (χ4v) is 3.25. The first-order valence-electron chi connectivity index (χ1n) is 7.11. The quantitative estimate of drug-likeness (QED) is 0.849. The Bertz CT molecular complexity index is 669. The highest BCUT2D eigenvalue weighted by atomic mass is 16.5. The van der Waals surface area contributed by atoms with Crippen LogP contribution in [0.15, 0.2) is 24.3 Å². The van der Waals surface area contributed by atoms with E-state index in [0.717, 1.165) is 4.90 Å². The van der Waals surface area contributed by atoms with Gasteiger partial charge in [-0.05, 0) is 18.1 Å². The van der Waals surface area contributed by atoms with E-state index in [0.29, 0.717) is 11.3 Å². The first-order valence-corrected chi connectivity index (χ1v) is 7.11. The number of ether oxygens (including phenoxy) is 2. The second kappa shape index (κ2) is 6.26. The largest absolute Gasteiger partial charge is 0.468 e. The molecule has 1 heterocycles. The van der Waals surface area contributed by atoms with Gasteiger partial charge in [0.25, 0.3) is 0 Å². The van der Waals surface area contributed by atoms with Crippen molar-refractivity contribution in [1.29, 1.82) is 5.26 Å². The van der Waals surface area contributed by atoms with E-state index < -0.39 is 29.6 Å². The van der Waals surface area contributed by atoms with Crippen LogP contribution in [0.3, 0.4) is 0 Å². The number of para-hydroxylation sites is 1. The molecular formula is C16H18N2O5. The van der Waals surface area contributed by atoms with Crippen LogP contribution in [0.1, 0.15) is 18.9 Å². The van der Waals surface area contributed by atoms with Crippen molar-refractivity contribution in [2.45, 2.75) is 25.0 Å². The number of carbonyl (C=O) groups excluding carboxylic acids is 2. The maximum atomic E-state index is 12.1. The predicted molar refractivity (Wildman–Crippen MR) is 80.4 cm³/mol. The molecule has 1 aliphatic rings. The number of hydrogen-bond donors (Lipinski definition) is 1. The molecule has 7 heteroatoms. The number of anilines is 1. The van der Waals surface area contributed by atoms with Crippen LogP contribution in [-0.2, 0) is 19.7 Å². The minimum atomic E-state index is -1.42. The Kier molecular flexibility index (Phi) is 4.57. The number of amides is 1. The maximum absolute atomic E-state index is 12.1. The van der Waals surface area contributed by atoms with Crippen molar-refractivity contribution in [2.75, 3.05) is 19.1 Å². The number of esters is 1. The molecule has 122 valence electrons. The van der Waals surface area contributed by atoms with Crippen molar-refractivity contribution in [2.24, 2.45) is 5.92 Å². The molecule has 0 unspecified atom stereocenters. The van der Waals surface area contributed by atoms with Crippen LogP contribution in [0, 0.1) is 17.2 Å². The van der Waals surface area contributed by atoms with Gasteiger partial charge in [0.2, 0.25) is 0 Å². The Morgan fingerprint density at radius 1 is 1.39 bits per heavy atom. The van der Waals surface area contributed by atoms with E-state index >= 15 is 0 Å². The molecule has 1 amide bonds. The lowest BCUT2D eigenvalue weighted by Crippen LogP contribution is -2.52. The Labute approximate surface area is 134 Å². The predicted octanol–water partition coefficient (Wildman–Crippen LogP) is 1.55. The third-order valence-corrected chi connectivity index (χ3v) is 4.41. The monoisotopic (exact) mass is 318 g/mol. The summed E-state index contributed by atoms with van der Waals surface area (Å²) in [6.07, 6.45) is -1.92. The van der Waals surface area contributed by atoms with E-state index in [2.05, 4.69) is 0 Å². The molecule has 0 bridgehead atoms. The lowest BCUT2D eigenvalue weighted by atomic mass is 9.69. The molecule has 1 aromatic carbocycles. The van der Waals surface area contributed by atoms with Crippen molar-refractivity contribution < 1.29 is 24.2 Å². The third kappa shape index (κ3) is 2.23. The van der Waals surface area contributed by atoms with Gasteiger partial charge in [0, 0.05) is 0 Å². The lowest BCUT2D eigenvalue weighted by molar-refractivity contribution is -0.147. The van der Waals surface area contributed by atoms with E-state index in [9.17, 15) is 20.0 Å². The molecule has 7 nitrogen and oxygen atoms in total. The molecule has 1 aromatic rings. The summed E-state index contributed by atoms with van der Waals surface area (Å²) in [6.45, 7) is 1.74. The van der Waals surface area contributed by atoms with Crippen LogP contribution in [0.5, 0.6) is 0 Å². The molecule has 0 radical (unpaired) electrons. The molecule has 0 aliphatic carbocycles. The van der Waals surface area contributed by atoms with Gasteiger partial charge in [-0.25, -0.2) is 4.79 Å². The lowest BCUT2D eigenvalue weighted by Gasteiger charge is -2.36. The number of nitriles is 1. The molecule has 0 saturated heterocycles. The minimum absolute atomic E-state index is 0.256. The van der Waals surface area contributed by atoms with E-state index in [1.165, 1.54) is 14.2 Å². The number of hydrogen-bond acceptors (Lipinski definition) is 6. The SMILES string of the molecule is CC[C@]1([C@@H](C#N)C(=O)OC)c2ccccc2N(C(=O)OC)[C@@H]1O. The van der Waals surface area contributed by atoms with Crippen LogP contribution in [0.2, 0.25) is 0 Å². The first kappa shape index (κ1) is 16.8. The van der Waals surface area contributed by atoms with Crippen molar-refractivity contribution in [3.63, 3.8) is 0 Å². The van der Waals surface area contributed by atoms with E-state index in [-0.39, 0.29) is 6.42 Å². The molecule has 0 fully saturated rings. The molecule has 2 rings (SSSR count). The van der Waals surface area contributed by atoms with Gasteiger partial charge in [-0.3, -0.25) is 9.69 Å². The second-order valence-electron chi connectivity index (χ2n) is 5.21. The maximum Gasteiger partial charge on any atom is 0.416 e. The summed E-state index contributed by atoms with van der Waals surface area (Å²) < 4.78 is 9.45. The fraction of sp³-hybridized carbons (Fsp3) is 0.438. The molecule has 1 N–H and O–H groups in total. The highest BCUT2D eigenvalue weighted by molar-refractivity contribution is 5.93. The molecular weight excluding hydrogens is 300 g/mol. The highest BCUT2D eigenvalue weighted by Gasteiger charge is 2.58. The van der Waals surface area contributed by atoms with Crippen LogP contribution in [-0.4, -0.2) is 37.6 Å². The summed E-state index contributed by atoms with van der Waals surface area (Å²) in [5.74, 6) is -2.02. The topological polar surface area (TPSA) is 99.9 Å². The standard InChI is InChI=1S/C16H18N2O5/c1-4-16(11(9-17)13(19)22-2)10-7-5-6-8-12(10)18(14(16)20)15(21)23-3/h5-8,11,14,20H,4H2,1-3H3/t11-,14+,16+/m0/s1. The van der Waals surface area contributed by atoms with Gasteiger partial charge in [0.1, 0.15) is 6.23 Å². The molecule has 3 atom stereocenters. The van der Waals surface area contributed by atoms with Gasteiger partial charge >= 0.3 is 12.1 Å². The third-order valence-electron chi connectivity index (χ3n) is 4.41. The minimum Gasteiger partial charge on any atom is -0.468 e. The number of fused-ring (bicyclic) bond motifs is 1. The summed E-state index contributed by atoms with van der Waals surface area (Å²) in [7, 11) is 2.38. The average Bonchev–Trinajstić information content (AvgIpc) is 2.84. The van der Waals surface area contributed by atoms with Crippen LogP contribution < -0.4 is 4.90 Å². The second-order valence-corrected chi connectivity index (χ2v) is 5.21. The van der Waals surface area contributed by atoms with E-state index in [4.69, 9.17) is 9.47 Å². The summed E-state index contributed by atoms with van der Waals surface area (Å²) >= 11 is 0. The zero-order valence-corrected chi connectivity index (χ0v) is 13.1. The Morgan fingerprint density at radius 3 is 2.57 bits per heavy atom. The molecule has 0 spiro atoms. The van der Waals surface area contributed by atoms with Gasteiger partial charge in [-0.1, -0.05) is 25.1 Å². The van der Waals surface area contributed by atoms with Crippen molar-refractivity contribution in [3.05, 3.63) is 29.8 Å². The van der Waals surface area contributed by atoms with Crippen LogP contribution in [0.4, 0.5) is 10.5 Å². The number of nitrogens with zero attached hydrogens (tertiary/aromatic N) is 2. The Morgan fingerprint density at radius 2 is 2.04 bits per heavy atom. The number of aliphatic hydroxyl groups excluding tert-OH is 1. The number of methoxy groups -OCH3 is 2. The van der Waals surface area contributed by atoms with E-state index in [1.54, 1.807) is 31.2 Å². The van der Waals surface area contributed by atoms with Crippen LogP contribution in [0.25, 0.3) is 0 Å². The number of carbonyl (C=O) groups is 2. The first-order chi connectivity index (χ1) is 11.0. The summed E-state index contributed by atoms with van der Waals surface area (Å²) in [6, 6.07) is 8.68.